The highest BCUT2D eigenvalue weighted by Gasteiger charge is 2.26. The van der Waals surface area contributed by atoms with Gasteiger partial charge in [0.15, 0.2) is 18.1 Å². The summed E-state index contributed by atoms with van der Waals surface area (Å²) in [4.78, 5) is 35.4. The molecule has 1 saturated heterocycles. The van der Waals surface area contributed by atoms with Crippen LogP contribution in [0.4, 0.5) is 0 Å². The van der Waals surface area contributed by atoms with Crippen LogP contribution in [0.1, 0.15) is 0 Å². The molecule has 7 heteroatoms. The van der Waals surface area contributed by atoms with Gasteiger partial charge in [-0.15, -0.1) is 0 Å². The summed E-state index contributed by atoms with van der Waals surface area (Å²) < 4.78 is 10.4. The number of ether oxygens (including phenoxy) is 2. The third-order valence-electron chi connectivity index (χ3n) is 2.72. The summed E-state index contributed by atoms with van der Waals surface area (Å²) in [5, 5.41) is 2.12. The Morgan fingerprint density at radius 1 is 1.20 bits per heavy atom. The Balaban J connectivity index is 1.95. The second-order valence-corrected chi connectivity index (χ2v) is 4.16. The van der Waals surface area contributed by atoms with Gasteiger partial charge >= 0.3 is 0 Å². The van der Waals surface area contributed by atoms with Crippen molar-refractivity contribution >= 4 is 17.7 Å². The Kier molecular flexibility index (Phi) is 4.19. The van der Waals surface area contributed by atoms with Crippen LogP contribution in [0.25, 0.3) is 0 Å². The molecule has 0 aliphatic carbocycles. The maximum atomic E-state index is 11.9. The fraction of sp³-hybridized carbons (Fsp3) is 0.308. The molecule has 20 heavy (non-hydrogen) atoms. The second kappa shape index (κ2) is 6.05. The molecular weight excluding hydrogens is 264 g/mol. The molecule has 1 aromatic rings. The fourth-order valence-corrected chi connectivity index (χ4v) is 1.78. The van der Waals surface area contributed by atoms with E-state index in [2.05, 4.69) is 5.32 Å². The number of hydrogen-bond acceptors (Lipinski definition) is 5. The molecule has 1 fully saturated rings. The van der Waals surface area contributed by atoms with Crippen LogP contribution >= 0.6 is 0 Å². The van der Waals surface area contributed by atoms with Crippen molar-refractivity contribution in [1.82, 2.24) is 10.2 Å². The predicted molar refractivity (Wildman–Crippen MR) is 68.2 cm³/mol. The number of amides is 3. The topological polar surface area (TPSA) is 84.9 Å². The summed E-state index contributed by atoms with van der Waals surface area (Å²) in [6.45, 7) is -0.541. The Morgan fingerprint density at radius 2 is 1.80 bits per heavy atom. The number of methoxy groups -OCH3 is 1. The summed E-state index contributed by atoms with van der Waals surface area (Å²) in [7, 11) is 1.50. The van der Waals surface area contributed by atoms with Crippen LogP contribution in [0.3, 0.4) is 0 Å². The number of para-hydroxylation sites is 2. The zero-order valence-corrected chi connectivity index (χ0v) is 10.9. The molecule has 0 radical (unpaired) electrons. The van der Waals surface area contributed by atoms with E-state index in [4.69, 9.17) is 9.47 Å². The van der Waals surface area contributed by atoms with Gasteiger partial charge < -0.3 is 14.4 Å². The number of piperazine rings is 1. The number of nitrogens with zero attached hydrogens (tertiary/aromatic N) is 1. The Labute approximate surface area is 115 Å². The van der Waals surface area contributed by atoms with Gasteiger partial charge in [0.05, 0.1) is 7.11 Å². The van der Waals surface area contributed by atoms with Crippen LogP contribution in [0.2, 0.25) is 0 Å². The van der Waals surface area contributed by atoms with Crippen molar-refractivity contribution in [2.75, 3.05) is 26.8 Å². The summed E-state index contributed by atoms with van der Waals surface area (Å²) >= 11 is 0. The lowest BCUT2D eigenvalue weighted by Gasteiger charge is -2.25. The largest absolute Gasteiger partial charge is 0.493 e. The molecule has 0 unspecified atom stereocenters. The average molecular weight is 278 g/mol. The van der Waals surface area contributed by atoms with Crippen molar-refractivity contribution in [3.05, 3.63) is 24.3 Å². The van der Waals surface area contributed by atoms with Gasteiger partial charge in [0.25, 0.3) is 5.91 Å². The highest BCUT2D eigenvalue weighted by molar-refractivity contribution is 6.02. The molecule has 0 aromatic heterocycles. The lowest BCUT2D eigenvalue weighted by molar-refractivity contribution is -0.146. The first-order chi connectivity index (χ1) is 9.60. The van der Waals surface area contributed by atoms with Crippen molar-refractivity contribution in [1.29, 1.82) is 0 Å². The molecule has 1 aliphatic heterocycles. The summed E-state index contributed by atoms with van der Waals surface area (Å²) in [6.07, 6.45) is 0. The van der Waals surface area contributed by atoms with Gasteiger partial charge in [-0.3, -0.25) is 19.7 Å². The lowest BCUT2D eigenvalue weighted by atomic mass is 10.3. The van der Waals surface area contributed by atoms with Crippen molar-refractivity contribution in [3.8, 4) is 11.5 Å². The standard InChI is InChI=1S/C13H14N2O5/c1-19-9-4-2-3-5-10(9)20-8-13(18)15-6-11(16)14-12(17)7-15/h2-5H,6-8H2,1H3,(H,14,16,17). The van der Waals surface area contributed by atoms with E-state index in [0.717, 1.165) is 4.90 Å². The molecule has 3 amide bonds. The van der Waals surface area contributed by atoms with Crippen LogP contribution in [0, 0.1) is 0 Å². The zero-order valence-electron chi connectivity index (χ0n) is 10.9. The SMILES string of the molecule is COc1ccccc1OCC(=O)N1CC(=O)NC(=O)C1. The third kappa shape index (κ3) is 3.25. The maximum Gasteiger partial charge on any atom is 0.261 e. The first-order valence-electron chi connectivity index (χ1n) is 5.96. The first kappa shape index (κ1) is 13.9. The molecule has 0 spiro atoms. The van der Waals surface area contributed by atoms with E-state index in [-0.39, 0.29) is 19.7 Å². The number of benzene rings is 1. The summed E-state index contributed by atoms with van der Waals surface area (Å²) in [5.41, 5.74) is 0. The zero-order chi connectivity index (χ0) is 14.5. The number of carbonyl (C=O) groups excluding carboxylic acids is 3. The molecule has 0 saturated carbocycles. The molecule has 1 N–H and O–H groups in total. The number of nitrogens with one attached hydrogen (secondary N) is 1. The highest BCUT2D eigenvalue weighted by atomic mass is 16.5. The van der Waals surface area contributed by atoms with Gasteiger partial charge in [-0.25, -0.2) is 0 Å². The molecule has 0 bridgehead atoms. The number of carbonyl (C=O) groups is 3. The summed E-state index contributed by atoms with van der Waals surface area (Å²) in [5.74, 6) is -0.484. The molecule has 1 aromatic carbocycles. The molecular formula is C13H14N2O5. The Morgan fingerprint density at radius 3 is 2.40 bits per heavy atom. The average Bonchev–Trinajstić information content (AvgIpc) is 2.44. The Hall–Kier alpha value is -2.57. The van der Waals surface area contributed by atoms with Gasteiger partial charge in [0, 0.05) is 0 Å². The predicted octanol–water partition coefficient (Wildman–Crippen LogP) is -0.441. The van der Waals surface area contributed by atoms with E-state index in [9.17, 15) is 14.4 Å². The molecule has 0 atom stereocenters. The molecule has 1 heterocycles. The van der Waals surface area contributed by atoms with Crippen molar-refractivity contribution in [2.45, 2.75) is 0 Å². The number of rotatable bonds is 4. The van der Waals surface area contributed by atoms with Crippen LogP contribution in [-0.4, -0.2) is 49.4 Å². The quantitative estimate of drug-likeness (QED) is 0.755. The minimum atomic E-state index is -0.494. The van der Waals surface area contributed by atoms with E-state index >= 15 is 0 Å². The van der Waals surface area contributed by atoms with Gasteiger partial charge in [-0.05, 0) is 12.1 Å². The smallest absolute Gasteiger partial charge is 0.261 e. The molecule has 7 nitrogen and oxygen atoms in total. The van der Waals surface area contributed by atoms with E-state index in [0.29, 0.717) is 11.5 Å². The van der Waals surface area contributed by atoms with Gasteiger partial charge in [0.1, 0.15) is 13.1 Å². The molecule has 106 valence electrons. The van der Waals surface area contributed by atoms with Gasteiger partial charge in [0.2, 0.25) is 11.8 Å². The van der Waals surface area contributed by atoms with Crippen LogP contribution in [0.15, 0.2) is 24.3 Å². The van der Waals surface area contributed by atoms with Crippen molar-refractivity contribution in [3.63, 3.8) is 0 Å². The van der Waals surface area contributed by atoms with Crippen molar-refractivity contribution < 1.29 is 23.9 Å². The monoisotopic (exact) mass is 278 g/mol. The van der Waals surface area contributed by atoms with Gasteiger partial charge in [-0.2, -0.15) is 0 Å². The van der Waals surface area contributed by atoms with Gasteiger partial charge in [-0.1, -0.05) is 12.1 Å². The van der Waals surface area contributed by atoms with E-state index < -0.39 is 17.7 Å². The van der Waals surface area contributed by atoms with Crippen LogP contribution < -0.4 is 14.8 Å². The first-order valence-corrected chi connectivity index (χ1v) is 5.96. The number of hydrogen-bond donors (Lipinski definition) is 1. The molecule has 1 aliphatic rings. The van der Waals surface area contributed by atoms with Crippen LogP contribution in [-0.2, 0) is 14.4 Å². The number of imide groups is 1. The minimum absolute atomic E-state index is 0.139. The normalized spacial score (nSPS) is 14.8. The second-order valence-electron chi connectivity index (χ2n) is 4.16. The Bertz CT molecular complexity index is 527. The third-order valence-corrected chi connectivity index (χ3v) is 2.72. The van der Waals surface area contributed by atoms with E-state index in [1.165, 1.54) is 7.11 Å². The summed E-state index contributed by atoms with van der Waals surface area (Å²) in [6, 6.07) is 6.90. The van der Waals surface area contributed by atoms with E-state index in [1.54, 1.807) is 24.3 Å². The minimum Gasteiger partial charge on any atom is -0.493 e. The van der Waals surface area contributed by atoms with Crippen LogP contribution in [0.5, 0.6) is 11.5 Å². The maximum absolute atomic E-state index is 11.9. The fourth-order valence-electron chi connectivity index (χ4n) is 1.78. The van der Waals surface area contributed by atoms with Crippen molar-refractivity contribution in [2.24, 2.45) is 0 Å². The highest BCUT2D eigenvalue weighted by Crippen LogP contribution is 2.25. The molecule has 2 rings (SSSR count). The van der Waals surface area contributed by atoms with E-state index in [1.807, 2.05) is 0 Å². The lowest BCUT2D eigenvalue weighted by Crippen LogP contribution is -2.54.